The minimum atomic E-state index is -0.241. The van der Waals surface area contributed by atoms with Crippen molar-refractivity contribution in [1.82, 2.24) is 20.7 Å². The maximum Gasteiger partial charge on any atom is 0.254 e. The van der Waals surface area contributed by atoms with Crippen LogP contribution in [0.2, 0.25) is 0 Å². The van der Waals surface area contributed by atoms with Gasteiger partial charge in [-0.2, -0.15) is 5.26 Å². The first-order valence-corrected chi connectivity index (χ1v) is 13.0. The fourth-order valence-corrected chi connectivity index (χ4v) is 6.67. The van der Waals surface area contributed by atoms with Gasteiger partial charge in [0.25, 0.3) is 5.91 Å². The lowest BCUT2D eigenvalue weighted by atomic mass is 9.90. The van der Waals surface area contributed by atoms with E-state index in [4.69, 9.17) is 0 Å². The molecule has 3 N–H and O–H groups in total. The Balaban J connectivity index is 1.21. The molecule has 3 heterocycles. The highest BCUT2D eigenvalue weighted by molar-refractivity contribution is 5.99. The minimum absolute atomic E-state index is 0.0649. The maximum absolute atomic E-state index is 13.0. The van der Waals surface area contributed by atoms with E-state index >= 15 is 0 Å². The zero-order chi connectivity index (χ0) is 23.2. The second-order valence-corrected chi connectivity index (χ2v) is 10.7. The Morgan fingerprint density at radius 3 is 2.71 bits per heavy atom. The van der Waals surface area contributed by atoms with Crippen molar-refractivity contribution in [1.29, 1.82) is 5.26 Å². The number of hydrazine groups is 1. The van der Waals surface area contributed by atoms with E-state index in [0.29, 0.717) is 31.5 Å². The largest absolute Gasteiger partial charge is 0.368 e. The molecule has 5 aliphatic rings. The molecule has 6 rings (SSSR count). The van der Waals surface area contributed by atoms with E-state index in [1.54, 1.807) is 0 Å². The zero-order valence-corrected chi connectivity index (χ0v) is 19.6. The molecule has 180 valence electrons. The Hall–Kier alpha value is -2.63. The number of piperidine rings is 1. The van der Waals surface area contributed by atoms with Crippen molar-refractivity contribution in [3.05, 3.63) is 29.3 Å². The standard InChI is InChI=1S/C26H34N6O2/c27-12-10-21(16-6-7-16)32-22-11-13-28-25(33)23(22)24(30-32)29-18-8-9-20-17(14-18)15-31(26(20)34)19-4-2-1-3-5-19/h8-9,14,16,19,21-24,29-30H,1-7,10-11,13,15H2,(H,28,33)/t21-,22?,23?,24?/m0/s1. The molecule has 1 aromatic carbocycles. The van der Waals surface area contributed by atoms with Crippen LogP contribution in [-0.2, 0) is 11.3 Å². The van der Waals surface area contributed by atoms with Crippen LogP contribution in [0.15, 0.2) is 18.2 Å². The van der Waals surface area contributed by atoms with Crippen molar-refractivity contribution in [3.63, 3.8) is 0 Å². The molecule has 2 saturated heterocycles. The summed E-state index contributed by atoms with van der Waals surface area (Å²) >= 11 is 0. The number of nitrogens with one attached hydrogen (secondary N) is 3. The smallest absolute Gasteiger partial charge is 0.254 e. The number of amides is 2. The fraction of sp³-hybridized carbons (Fsp3) is 0.654. The van der Waals surface area contributed by atoms with Gasteiger partial charge in [-0.05, 0) is 61.8 Å². The highest BCUT2D eigenvalue weighted by Crippen LogP contribution is 2.41. The van der Waals surface area contributed by atoms with E-state index in [2.05, 4.69) is 38.1 Å². The average molecular weight is 463 g/mol. The Morgan fingerprint density at radius 1 is 1.12 bits per heavy atom. The van der Waals surface area contributed by atoms with E-state index in [-0.39, 0.29) is 36.0 Å². The number of rotatable bonds is 6. The molecule has 0 radical (unpaired) electrons. The van der Waals surface area contributed by atoms with Gasteiger partial charge >= 0.3 is 0 Å². The number of anilines is 1. The van der Waals surface area contributed by atoms with Crippen molar-refractivity contribution in [2.75, 3.05) is 11.9 Å². The summed E-state index contributed by atoms with van der Waals surface area (Å²) in [6.45, 7) is 1.35. The summed E-state index contributed by atoms with van der Waals surface area (Å²) in [5.41, 5.74) is 6.40. The van der Waals surface area contributed by atoms with E-state index in [1.807, 2.05) is 12.1 Å². The number of hydrogen-bond acceptors (Lipinski definition) is 6. The zero-order valence-electron chi connectivity index (χ0n) is 19.6. The van der Waals surface area contributed by atoms with Crippen LogP contribution in [0.5, 0.6) is 0 Å². The summed E-state index contributed by atoms with van der Waals surface area (Å²) < 4.78 is 0. The van der Waals surface area contributed by atoms with Crippen LogP contribution >= 0.6 is 0 Å². The minimum Gasteiger partial charge on any atom is -0.368 e. The van der Waals surface area contributed by atoms with Gasteiger partial charge in [0.05, 0.1) is 18.4 Å². The second kappa shape index (κ2) is 8.86. The van der Waals surface area contributed by atoms with Gasteiger partial charge in [0.2, 0.25) is 5.91 Å². The molecule has 4 atom stereocenters. The SMILES string of the molecule is N#CC[C@@H](C1CC1)N1NC(Nc2ccc3c(c2)CN(C2CCCCC2)C3=O)C2C(=O)NCCC21. The van der Waals surface area contributed by atoms with Gasteiger partial charge in [0.15, 0.2) is 0 Å². The first-order chi connectivity index (χ1) is 16.6. The van der Waals surface area contributed by atoms with Crippen molar-refractivity contribution in [2.45, 2.75) is 88.6 Å². The first kappa shape index (κ1) is 21.9. The molecule has 2 amide bonds. The summed E-state index contributed by atoms with van der Waals surface area (Å²) in [6, 6.07) is 8.96. The van der Waals surface area contributed by atoms with Crippen LogP contribution in [0.25, 0.3) is 0 Å². The Morgan fingerprint density at radius 2 is 1.94 bits per heavy atom. The number of carbonyl (C=O) groups is 2. The van der Waals surface area contributed by atoms with Crippen molar-refractivity contribution >= 4 is 17.5 Å². The number of fused-ring (bicyclic) bond motifs is 2. The third-order valence-corrected chi connectivity index (χ3v) is 8.56. The van der Waals surface area contributed by atoms with Crippen LogP contribution in [0.1, 0.15) is 73.7 Å². The molecule has 0 bridgehead atoms. The summed E-state index contributed by atoms with van der Waals surface area (Å²) in [5.74, 6) is 0.541. The number of nitriles is 1. The predicted molar refractivity (Wildman–Crippen MR) is 127 cm³/mol. The molecule has 3 aliphatic heterocycles. The van der Waals surface area contributed by atoms with E-state index < -0.39 is 0 Å². The number of nitrogens with zero attached hydrogens (tertiary/aromatic N) is 3. The topological polar surface area (TPSA) is 100 Å². The second-order valence-electron chi connectivity index (χ2n) is 10.7. The van der Waals surface area contributed by atoms with Crippen LogP contribution in [0.3, 0.4) is 0 Å². The molecule has 0 aromatic heterocycles. The lowest BCUT2D eigenvalue weighted by molar-refractivity contribution is -0.128. The molecule has 1 aromatic rings. The average Bonchev–Trinajstić information content (AvgIpc) is 3.56. The fourth-order valence-electron chi connectivity index (χ4n) is 6.67. The summed E-state index contributed by atoms with van der Waals surface area (Å²) in [5, 5.41) is 18.2. The lowest BCUT2D eigenvalue weighted by Crippen LogP contribution is -2.52. The highest BCUT2D eigenvalue weighted by atomic mass is 16.2. The molecule has 4 fully saturated rings. The number of hydrogen-bond donors (Lipinski definition) is 3. The Labute approximate surface area is 201 Å². The molecule has 0 spiro atoms. The van der Waals surface area contributed by atoms with Gasteiger partial charge in [-0.1, -0.05) is 19.3 Å². The first-order valence-electron chi connectivity index (χ1n) is 13.0. The van der Waals surface area contributed by atoms with Crippen LogP contribution < -0.4 is 16.1 Å². The number of carbonyl (C=O) groups excluding carboxylic acids is 2. The quantitative estimate of drug-likeness (QED) is 0.601. The monoisotopic (exact) mass is 462 g/mol. The molecule has 8 heteroatoms. The van der Waals surface area contributed by atoms with Crippen molar-refractivity contribution in [2.24, 2.45) is 11.8 Å². The van der Waals surface area contributed by atoms with Crippen LogP contribution in [0, 0.1) is 23.2 Å². The van der Waals surface area contributed by atoms with Crippen LogP contribution in [-0.4, -0.2) is 52.6 Å². The molecular formula is C26H34N6O2. The molecule has 8 nitrogen and oxygen atoms in total. The van der Waals surface area contributed by atoms with E-state index in [9.17, 15) is 14.9 Å². The molecule has 34 heavy (non-hydrogen) atoms. The van der Waals surface area contributed by atoms with Gasteiger partial charge < -0.3 is 15.5 Å². The number of benzene rings is 1. The Kier molecular flexibility index (Phi) is 5.70. The third kappa shape index (κ3) is 3.85. The summed E-state index contributed by atoms with van der Waals surface area (Å²) in [4.78, 5) is 28.0. The highest BCUT2D eigenvalue weighted by Gasteiger charge is 2.52. The van der Waals surface area contributed by atoms with Crippen molar-refractivity contribution < 1.29 is 9.59 Å². The van der Waals surface area contributed by atoms with Gasteiger partial charge in [-0.15, -0.1) is 0 Å². The summed E-state index contributed by atoms with van der Waals surface area (Å²) in [7, 11) is 0. The Bertz CT molecular complexity index is 1010. The maximum atomic E-state index is 13.0. The third-order valence-electron chi connectivity index (χ3n) is 8.56. The normalized spacial score (nSPS) is 30.4. The van der Waals surface area contributed by atoms with Gasteiger partial charge in [-0.3, -0.25) is 9.59 Å². The molecular weight excluding hydrogens is 428 g/mol. The van der Waals surface area contributed by atoms with Crippen LogP contribution in [0.4, 0.5) is 5.69 Å². The van der Waals surface area contributed by atoms with Gasteiger partial charge in [0, 0.05) is 42.5 Å². The van der Waals surface area contributed by atoms with E-state index in [0.717, 1.165) is 48.9 Å². The van der Waals surface area contributed by atoms with Crippen molar-refractivity contribution in [3.8, 4) is 6.07 Å². The molecule has 3 unspecified atom stereocenters. The van der Waals surface area contributed by atoms with Gasteiger partial charge in [0.1, 0.15) is 6.17 Å². The van der Waals surface area contributed by atoms with Gasteiger partial charge in [-0.25, -0.2) is 10.4 Å². The molecule has 2 saturated carbocycles. The molecule has 2 aliphatic carbocycles. The van der Waals surface area contributed by atoms with E-state index in [1.165, 1.54) is 19.3 Å². The lowest BCUT2D eigenvalue weighted by Gasteiger charge is -2.34. The predicted octanol–water partition coefficient (Wildman–Crippen LogP) is 2.73. The summed E-state index contributed by atoms with van der Waals surface area (Å²) in [6.07, 6.45) is 9.33.